The largest absolute Gasteiger partial charge is 0.399 e. The summed E-state index contributed by atoms with van der Waals surface area (Å²) in [6, 6.07) is 9.09. The van der Waals surface area contributed by atoms with Crippen molar-refractivity contribution in [2.24, 2.45) is 0 Å². The second-order valence-corrected chi connectivity index (χ2v) is 4.56. The monoisotopic (exact) mass is 278 g/mol. The molecule has 2 rings (SSSR count). The van der Waals surface area contributed by atoms with Crippen molar-refractivity contribution in [2.45, 2.75) is 6.92 Å². The van der Waals surface area contributed by atoms with Crippen LogP contribution >= 0.6 is 11.6 Å². The van der Waals surface area contributed by atoms with E-state index >= 15 is 0 Å². The topological polar surface area (TPSA) is 55.1 Å². The number of benzene rings is 2. The van der Waals surface area contributed by atoms with Gasteiger partial charge in [0, 0.05) is 11.4 Å². The number of amides is 1. The van der Waals surface area contributed by atoms with Gasteiger partial charge in [-0.2, -0.15) is 0 Å². The molecule has 0 aromatic heterocycles. The summed E-state index contributed by atoms with van der Waals surface area (Å²) in [5.41, 5.74) is 7.17. The molecule has 0 atom stereocenters. The molecule has 2 aromatic carbocycles. The van der Waals surface area contributed by atoms with E-state index in [0.29, 0.717) is 22.0 Å². The maximum Gasteiger partial charge on any atom is 0.257 e. The van der Waals surface area contributed by atoms with Crippen molar-refractivity contribution in [3.05, 3.63) is 58.4 Å². The average Bonchev–Trinajstić information content (AvgIpc) is 2.36. The molecular weight excluding hydrogens is 267 g/mol. The predicted molar refractivity (Wildman–Crippen MR) is 75.0 cm³/mol. The summed E-state index contributed by atoms with van der Waals surface area (Å²) in [4.78, 5) is 12.0. The number of hydrogen-bond donors (Lipinski definition) is 2. The quantitative estimate of drug-likeness (QED) is 0.824. The summed E-state index contributed by atoms with van der Waals surface area (Å²) in [5, 5.41) is 2.87. The highest BCUT2D eigenvalue weighted by Crippen LogP contribution is 2.21. The number of nitrogen functional groups attached to an aromatic ring is 1. The van der Waals surface area contributed by atoms with Crippen LogP contribution in [0.15, 0.2) is 36.4 Å². The third-order valence-electron chi connectivity index (χ3n) is 2.66. The SMILES string of the molecule is Cc1ccc(NC(=O)c2cc(N)ccc2Cl)cc1F. The maximum absolute atomic E-state index is 13.4. The minimum absolute atomic E-state index is 0.252. The van der Waals surface area contributed by atoms with E-state index in [1.54, 1.807) is 31.2 Å². The molecule has 0 bridgehead atoms. The maximum atomic E-state index is 13.4. The average molecular weight is 279 g/mol. The van der Waals surface area contributed by atoms with Crippen molar-refractivity contribution in [1.29, 1.82) is 0 Å². The third-order valence-corrected chi connectivity index (χ3v) is 2.99. The van der Waals surface area contributed by atoms with Crippen molar-refractivity contribution in [3.63, 3.8) is 0 Å². The highest BCUT2D eigenvalue weighted by molar-refractivity contribution is 6.34. The Morgan fingerprint density at radius 1 is 1.26 bits per heavy atom. The van der Waals surface area contributed by atoms with Crippen LogP contribution in [0.2, 0.25) is 5.02 Å². The van der Waals surface area contributed by atoms with E-state index in [1.165, 1.54) is 12.1 Å². The van der Waals surface area contributed by atoms with Crippen LogP contribution in [0.25, 0.3) is 0 Å². The number of halogens is 2. The number of rotatable bonds is 2. The Hall–Kier alpha value is -2.07. The highest BCUT2D eigenvalue weighted by Gasteiger charge is 2.11. The summed E-state index contributed by atoms with van der Waals surface area (Å²) >= 11 is 5.92. The third kappa shape index (κ3) is 3.03. The van der Waals surface area contributed by atoms with E-state index in [-0.39, 0.29) is 11.4 Å². The lowest BCUT2D eigenvalue weighted by Crippen LogP contribution is -2.13. The van der Waals surface area contributed by atoms with Gasteiger partial charge in [-0.1, -0.05) is 17.7 Å². The first-order chi connectivity index (χ1) is 8.97. The van der Waals surface area contributed by atoms with Gasteiger partial charge in [-0.3, -0.25) is 4.79 Å². The standard InChI is InChI=1S/C14H12ClFN2O/c1-8-2-4-10(7-13(8)16)18-14(19)11-6-9(17)3-5-12(11)15/h2-7H,17H2,1H3,(H,18,19). The second-order valence-electron chi connectivity index (χ2n) is 4.16. The molecule has 2 aromatic rings. The van der Waals surface area contributed by atoms with Gasteiger partial charge in [-0.15, -0.1) is 0 Å². The summed E-state index contributed by atoms with van der Waals surface area (Å²) in [7, 11) is 0. The fourth-order valence-corrected chi connectivity index (χ4v) is 1.79. The highest BCUT2D eigenvalue weighted by atomic mass is 35.5. The first-order valence-electron chi connectivity index (χ1n) is 5.60. The van der Waals surface area contributed by atoms with Gasteiger partial charge in [0.2, 0.25) is 0 Å². The minimum Gasteiger partial charge on any atom is -0.399 e. The zero-order valence-corrected chi connectivity index (χ0v) is 11.0. The molecule has 0 unspecified atom stereocenters. The van der Waals surface area contributed by atoms with E-state index in [4.69, 9.17) is 17.3 Å². The van der Waals surface area contributed by atoms with Crippen LogP contribution < -0.4 is 11.1 Å². The molecule has 0 aliphatic carbocycles. The minimum atomic E-state index is -0.430. The van der Waals surface area contributed by atoms with Gasteiger partial charge in [-0.25, -0.2) is 4.39 Å². The Bertz CT molecular complexity index is 643. The van der Waals surface area contributed by atoms with Crippen LogP contribution in [0.5, 0.6) is 0 Å². The van der Waals surface area contributed by atoms with E-state index in [2.05, 4.69) is 5.32 Å². The van der Waals surface area contributed by atoms with Gasteiger partial charge in [-0.05, 0) is 42.8 Å². The zero-order chi connectivity index (χ0) is 14.0. The molecule has 1 amide bonds. The van der Waals surface area contributed by atoms with Crippen molar-refractivity contribution >= 4 is 28.9 Å². The lowest BCUT2D eigenvalue weighted by Gasteiger charge is -2.08. The number of hydrogen-bond acceptors (Lipinski definition) is 2. The molecule has 0 fully saturated rings. The number of carbonyl (C=O) groups excluding carboxylic acids is 1. The molecule has 0 spiro atoms. The number of nitrogens with two attached hydrogens (primary N) is 1. The molecule has 0 saturated carbocycles. The smallest absolute Gasteiger partial charge is 0.257 e. The Labute approximate surface area is 115 Å². The van der Waals surface area contributed by atoms with Gasteiger partial charge < -0.3 is 11.1 Å². The summed E-state index contributed by atoms with van der Waals surface area (Å²) in [5.74, 6) is -0.808. The molecule has 0 saturated heterocycles. The Morgan fingerprint density at radius 3 is 2.68 bits per heavy atom. The Balaban J connectivity index is 2.25. The van der Waals surface area contributed by atoms with Crippen molar-refractivity contribution in [3.8, 4) is 0 Å². The molecule has 19 heavy (non-hydrogen) atoms. The Morgan fingerprint density at radius 2 is 2.00 bits per heavy atom. The molecular formula is C14H12ClFN2O. The fraction of sp³-hybridized carbons (Fsp3) is 0.0714. The molecule has 0 radical (unpaired) electrons. The van der Waals surface area contributed by atoms with Crippen molar-refractivity contribution in [1.82, 2.24) is 0 Å². The number of nitrogens with one attached hydrogen (secondary N) is 1. The molecule has 5 heteroatoms. The molecule has 0 heterocycles. The zero-order valence-electron chi connectivity index (χ0n) is 10.2. The van der Waals surface area contributed by atoms with E-state index in [0.717, 1.165) is 0 Å². The lowest BCUT2D eigenvalue weighted by atomic mass is 10.1. The van der Waals surface area contributed by atoms with Crippen LogP contribution in [-0.2, 0) is 0 Å². The molecule has 98 valence electrons. The van der Waals surface area contributed by atoms with Crippen LogP contribution in [0.4, 0.5) is 15.8 Å². The van der Waals surface area contributed by atoms with E-state index in [9.17, 15) is 9.18 Å². The predicted octanol–water partition coefficient (Wildman–Crippen LogP) is 3.62. The first kappa shape index (κ1) is 13.4. The van der Waals surface area contributed by atoms with E-state index < -0.39 is 5.91 Å². The lowest BCUT2D eigenvalue weighted by molar-refractivity contribution is 0.102. The summed E-state index contributed by atoms with van der Waals surface area (Å²) in [6.07, 6.45) is 0. The van der Waals surface area contributed by atoms with Gasteiger partial charge >= 0.3 is 0 Å². The molecule has 3 nitrogen and oxygen atoms in total. The number of anilines is 2. The van der Waals surface area contributed by atoms with E-state index in [1.807, 2.05) is 0 Å². The molecule has 0 aliphatic heterocycles. The first-order valence-corrected chi connectivity index (χ1v) is 5.97. The number of aryl methyl sites for hydroxylation is 1. The van der Waals surface area contributed by atoms with Gasteiger partial charge in [0.25, 0.3) is 5.91 Å². The van der Waals surface area contributed by atoms with Crippen LogP contribution in [0.1, 0.15) is 15.9 Å². The second kappa shape index (κ2) is 5.28. The number of carbonyl (C=O) groups is 1. The normalized spacial score (nSPS) is 10.3. The molecule has 0 aliphatic rings. The van der Waals surface area contributed by atoms with Gasteiger partial charge in [0.1, 0.15) is 5.82 Å². The fourth-order valence-electron chi connectivity index (χ4n) is 1.59. The van der Waals surface area contributed by atoms with Crippen LogP contribution in [0, 0.1) is 12.7 Å². The van der Waals surface area contributed by atoms with Crippen LogP contribution in [-0.4, -0.2) is 5.91 Å². The summed E-state index contributed by atoms with van der Waals surface area (Å²) in [6.45, 7) is 1.65. The van der Waals surface area contributed by atoms with Crippen LogP contribution in [0.3, 0.4) is 0 Å². The van der Waals surface area contributed by atoms with Crippen molar-refractivity contribution < 1.29 is 9.18 Å². The summed E-state index contributed by atoms with van der Waals surface area (Å²) < 4.78 is 13.4. The van der Waals surface area contributed by atoms with Gasteiger partial charge in [0.15, 0.2) is 0 Å². The van der Waals surface area contributed by atoms with Crippen molar-refractivity contribution in [2.75, 3.05) is 11.1 Å². The molecule has 3 N–H and O–H groups in total. The van der Waals surface area contributed by atoms with Gasteiger partial charge in [0.05, 0.1) is 10.6 Å². The Kier molecular flexibility index (Phi) is 3.71.